The van der Waals surface area contributed by atoms with E-state index in [2.05, 4.69) is 0 Å². The molecule has 1 aromatic carbocycles. The Balaban J connectivity index is 3.41. The van der Waals surface area contributed by atoms with Crippen LogP contribution in [-0.4, -0.2) is 31.5 Å². The van der Waals surface area contributed by atoms with E-state index < -0.39 is 51.0 Å². The molecule has 21 heavy (non-hydrogen) atoms. The fourth-order valence-corrected chi connectivity index (χ4v) is 3.30. The highest BCUT2D eigenvalue weighted by Gasteiger charge is 2.39. The van der Waals surface area contributed by atoms with Crippen molar-refractivity contribution in [3.05, 3.63) is 23.8 Å². The normalized spacial score (nSPS) is 13.2. The lowest BCUT2D eigenvalue weighted by atomic mass is 10.3. The minimum absolute atomic E-state index is 0.0722. The molecule has 0 radical (unpaired) electrons. The number of nitrogens with zero attached hydrogens (tertiary/aromatic N) is 1. The van der Waals surface area contributed by atoms with Gasteiger partial charge in [-0.2, -0.15) is 17.5 Å². The SMILES string of the molecule is CC(C)N(CC(F)(F)F)S(=O)(=O)c1ccc(F)c(N)c1F. The Labute approximate surface area is 118 Å². The van der Waals surface area contributed by atoms with Crippen molar-refractivity contribution >= 4 is 15.7 Å². The van der Waals surface area contributed by atoms with Crippen LogP contribution in [0.25, 0.3) is 0 Å². The summed E-state index contributed by atoms with van der Waals surface area (Å²) in [5.41, 5.74) is 3.96. The van der Waals surface area contributed by atoms with Crippen LogP contribution in [0.15, 0.2) is 17.0 Å². The van der Waals surface area contributed by atoms with Crippen LogP contribution in [0.2, 0.25) is 0 Å². The van der Waals surface area contributed by atoms with Gasteiger partial charge >= 0.3 is 6.18 Å². The summed E-state index contributed by atoms with van der Waals surface area (Å²) in [4.78, 5) is -1.10. The van der Waals surface area contributed by atoms with Gasteiger partial charge in [0.1, 0.15) is 22.9 Å². The van der Waals surface area contributed by atoms with Crippen molar-refractivity contribution in [2.45, 2.75) is 31.0 Å². The molecule has 0 saturated carbocycles. The Hall–Kier alpha value is -1.42. The van der Waals surface area contributed by atoms with Crippen molar-refractivity contribution < 1.29 is 30.4 Å². The monoisotopic (exact) mass is 332 g/mol. The molecule has 0 fully saturated rings. The number of hydrogen-bond acceptors (Lipinski definition) is 3. The first-order valence-electron chi connectivity index (χ1n) is 5.70. The Morgan fingerprint density at radius 3 is 2.19 bits per heavy atom. The van der Waals surface area contributed by atoms with Gasteiger partial charge < -0.3 is 5.73 Å². The maximum absolute atomic E-state index is 13.8. The molecule has 0 aliphatic carbocycles. The fraction of sp³-hybridized carbons (Fsp3) is 0.455. The van der Waals surface area contributed by atoms with Crippen molar-refractivity contribution in [3.63, 3.8) is 0 Å². The van der Waals surface area contributed by atoms with Crippen LogP contribution in [0.5, 0.6) is 0 Å². The largest absolute Gasteiger partial charge is 0.402 e. The lowest BCUT2D eigenvalue weighted by Gasteiger charge is -2.27. The highest BCUT2D eigenvalue weighted by Crippen LogP contribution is 2.29. The second-order valence-electron chi connectivity index (χ2n) is 4.53. The smallest absolute Gasteiger partial charge is 0.394 e. The van der Waals surface area contributed by atoms with Gasteiger partial charge in [-0.15, -0.1) is 0 Å². The number of benzene rings is 1. The average molecular weight is 332 g/mol. The van der Waals surface area contributed by atoms with Crippen LogP contribution in [0, 0.1) is 11.6 Å². The number of rotatable bonds is 4. The van der Waals surface area contributed by atoms with Gasteiger partial charge in [0.05, 0.1) is 0 Å². The van der Waals surface area contributed by atoms with E-state index in [1.54, 1.807) is 0 Å². The van der Waals surface area contributed by atoms with Crippen LogP contribution in [0.3, 0.4) is 0 Å². The summed E-state index contributed by atoms with van der Waals surface area (Å²) in [6.07, 6.45) is -4.81. The van der Waals surface area contributed by atoms with E-state index in [-0.39, 0.29) is 4.31 Å². The van der Waals surface area contributed by atoms with Crippen LogP contribution in [-0.2, 0) is 10.0 Å². The quantitative estimate of drug-likeness (QED) is 0.681. The van der Waals surface area contributed by atoms with E-state index in [0.29, 0.717) is 12.1 Å². The summed E-state index contributed by atoms with van der Waals surface area (Å²) in [7, 11) is -4.81. The van der Waals surface area contributed by atoms with Crippen LogP contribution in [0.4, 0.5) is 27.6 Å². The van der Waals surface area contributed by atoms with E-state index in [0.717, 1.165) is 0 Å². The molecule has 0 bridgehead atoms. The molecule has 2 N–H and O–H groups in total. The topological polar surface area (TPSA) is 63.4 Å². The highest BCUT2D eigenvalue weighted by atomic mass is 32.2. The molecule has 0 aliphatic heterocycles. The second kappa shape index (κ2) is 5.76. The Bertz CT molecular complexity index is 628. The number of nitrogen functional groups attached to an aromatic ring is 1. The molecule has 0 saturated heterocycles. The molecular weight excluding hydrogens is 319 g/mol. The molecule has 10 heteroatoms. The lowest BCUT2D eigenvalue weighted by molar-refractivity contribution is -0.138. The third kappa shape index (κ3) is 3.82. The summed E-state index contributed by atoms with van der Waals surface area (Å²) in [6.45, 7) is 0.617. The van der Waals surface area contributed by atoms with Gasteiger partial charge in [0.2, 0.25) is 10.0 Å². The minimum Gasteiger partial charge on any atom is -0.394 e. The molecule has 0 aliphatic rings. The van der Waals surface area contributed by atoms with Crippen molar-refractivity contribution in [2.75, 3.05) is 12.3 Å². The zero-order valence-electron chi connectivity index (χ0n) is 11.1. The molecule has 0 spiro atoms. The first-order chi connectivity index (χ1) is 9.38. The fourth-order valence-electron chi connectivity index (χ4n) is 1.60. The molecular formula is C11H13F5N2O2S. The van der Waals surface area contributed by atoms with E-state index in [4.69, 9.17) is 5.73 Å². The summed E-state index contributed by atoms with van der Waals surface area (Å²) < 4.78 is 88.6. The number of hydrogen-bond donors (Lipinski definition) is 1. The minimum atomic E-state index is -4.81. The zero-order chi connectivity index (χ0) is 16.6. The van der Waals surface area contributed by atoms with Crippen molar-refractivity contribution in [3.8, 4) is 0 Å². The first kappa shape index (κ1) is 17.6. The maximum atomic E-state index is 13.8. The lowest BCUT2D eigenvalue weighted by Crippen LogP contribution is -2.43. The molecule has 0 unspecified atom stereocenters. The molecule has 120 valence electrons. The number of sulfonamides is 1. The van der Waals surface area contributed by atoms with Crippen molar-refractivity contribution in [1.29, 1.82) is 0 Å². The third-order valence-electron chi connectivity index (χ3n) is 2.59. The molecule has 1 aromatic rings. The van der Waals surface area contributed by atoms with Gasteiger partial charge in [-0.1, -0.05) is 0 Å². The van der Waals surface area contributed by atoms with Gasteiger partial charge in [0.15, 0.2) is 5.82 Å². The van der Waals surface area contributed by atoms with Gasteiger partial charge in [-0.05, 0) is 26.0 Å². The molecule has 0 heterocycles. The molecule has 0 amide bonds. The number of anilines is 1. The van der Waals surface area contributed by atoms with Crippen LogP contribution < -0.4 is 5.73 Å². The average Bonchev–Trinajstić information content (AvgIpc) is 2.31. The molecule has 0 aromatic heterocycles. The summed E-state index contributed by atoms with van der Waals surface area (Å²) >= 11 is 0. The van der Waals surface area contributed by atoms with E-state index in [1.807, 2.05) is 0 Å². The first-order valence-corrected chi connectivity index (χ1v) is 7.14. The molecule has 1 rings (SSSR count). The second-order valence-corrected chi connectivity index (χ2v) is 6.39. The number of halogens is 5. The summed E-state index contributed by atoms with van der Waals surface area (Å²) in [5.74, 6) is -2.80. The Morgan fingerprint density at radius 1 is 1.24 bits per heavy atom. The van der Waals surface area contributed by atoms with Gasteiger partial charge in [0, 0.05) is 6.04 Å². The number of alkyl halides is 3. The van der Waals surface area contributed by atoms with Gasteiger partial charge in [0.25, 0.3) is 0 Å². The summed E-state index contributed by atoms with van der Waals surface area (Å²) in [5, 5.41) is 0. The zero-order valence-corrected chi connectivity index (χ0v) is 11.9. The van der Waals surface area contributed by atoms with E-state index in [9.17, 15) is 30.4 Å². The highest BCUT2D eigenvalue weighted by molar-refractivity contribution is 7.89. The Kier molecular flexibility index (Phi) is 4.83. The van der Waals surface area contributed by atoms with Crippen LogP contribution in [0.1, 0.15) is 13.8 Å². The summed E-state index contributed by atoms with van der Waals surface area (Å²) in [6, 6.07) is 0.0433. The molecule has 4 nitrogen and oxygen atoms in total. The predicted octanol–water partition coefficient (Wildman–Crippen LogP) is 2.51. The standard InChI is InChI=1S/C11H13F5N2O2S/c1-6(2)18(5-11(14,15)16)21(19,20)8-4-3-7(12)10(17)9(8)13/h3-4,6H,5,17H2,1-2H3. The molecule has 0 atom stereocenters. The van der Waals surface area contributed by atoms with Gasteiger partial charge in [-0.25, -0.2) is 17.2 Å². The van der Waals surface area contributed by atoms with Gasteiger partial charge in [-0.3, -0.25) is 0 Å². The predicted molar refractivity (Wildman–Crippen MR) is 65.9 cm³/mol. The number of nitrogens with two attached hydrogens (primary N) is 1. The maximum Gasteiger partial charge on any atom is 0.402 e. The Morgan fingerprint density at radius 2 is 1.76 bits per heavy atom. The van der Waals surface area contributed by atoms with Crippen molar-refractivity contribution in [2.24, 2.45) is 0 Å². The van der Waals surface area contributed by atoms with Crippen molar-refractivity contribution in [1.82, 2.24) is 4.31 Å². The van der Waals surface area contributed by atoms with Crippen LogP contribution >= 0.6 is 0 Å². The van der Waals surface area contributed by atoms with E-state index >= 15 is 0 Å². The van der Waals surface area contributed by atoms with E-state index in [1.165, 1.54) is 13.8 Å². The third-order valence-corrected chi connectivity index (χ3v) is 4.63.